The number of nitrogens with zero attached hydrogens (tertiary/aromatic N) is 1. The summed E-state index contributed by atoms with van der Waals surface area (Å²) in [7, 11) is -3.79. The van der Waals surface area contributed by atoms with Crippen LogP contribution in [0.1, 0.15) is 19.3 Å². The third-order valence-electron chi connectivity index (χ3n) is 3.49. The van der Waals surface area contributed by atoms with Crippen LogP contribution in [0.3, 0.4) is 0 Å². The van der Waals surface area contributed by atoms with E-state index in [0.717, 1.165) is 18.5 Å². The van der Waals surface area contributed by atoms with Gasteiger partial charge >= 0.3 is 0 Å². The monoisotopic (exact) mass is 285 g/mol. The Bertz CT molecular complexity index is 555. The van der Waals surface area contributed by atoms with Crippen molar-refractivity contribution >= 4 is 21.4 Å². The van der Waals surface area contributed by atoms with Crippen LogP contribution < -0.4 is 15.8 Å². The third kappa shape index (κ3) is 2.99. The van der Waals surface area contributed by atoms with E-state index in [1.165, 1.54) is 12.5 Å². The molecule has 0 spiro atoms. The highest BCUT2D eigenvalue weighted by Gasteiger charge is 2.25. The minimum atomic E-state index is -3.79. The summed E-state index contributed by atoms with van der Waals surface area (Å²) in [5, 5.41) is 14.2. The lowest BCUT2D eigenvalue weighted by molar-refractivity contribution is 0.283. The molecule has 1 fully saturated rings. The summed E-state index contributed by atoms with van der Waals surface area (Å²) in [6, 6.07) is 5.10. The lowest BCUT2D eigenvalue weighted by Gasteiger charge is -2.39. The molecule has 1 aromatic rings. The van der Waals surface area contributed by atoms with Crippen LogP contribution in [0, 0.1) is 0 Å². The predicted octanol–water partition coefficient (Wildman–Crippen LogP) is 0.267. The zero-order valence-electron chi connectivity index (χ0n) is 10.6. The van der Waals surface area contributed by atoms with Gasteiger partial charge in [-0.05, 0) is 37.5 Å². The summed E-state index contributed by atoms with van der Waals surface area (Å²) in [5.74, 6) is 0. The van der Waals surface area contributed by atoms with Gasteiger partial charge in [-0.3, -0.25) is 0 Å². The Hall–Kier alpha value is -1.31. The van der Waals surface area contributed by atoms with Crippen LogP contribution in [-0.2, 0) is 10.0 Å². The van der Waals surface area contributed by atoms with E-state index in [2.05, 4.69) is 4.90 Å². The molecule has 1 aliphatic rings. The summed E-state index contributed by atoms with van der Waals surface area (Å²) in [5.41, 5.74) is 6.72. The number of hydrogen-bond donors (Lipinski definition) is 3. The number of aliphatic hydroxyl groups is 1. The molecular weight excluding hydrogens is 266 g/mol. The summed E-state index contributed by atoms with van der Waals surface area (Å²) in [4.78, 5) is 2.00. The van der Waals surface area contributed by atoms with Gasteiger partial charge in [0.05, 0.1) is 12.3 Å². The molecule has 0 unspecified atom stereocenters. The van der Waals surface area contributed by atoms with Gasteiger partial charge in [0.1, 0.15) is 4.90 Å². The van der Waals surface area contributed by atoms with E-state index in [4.69, 9.17) is 16.0 Å². The second-order valence-corrected chi connectivity index (χ2v) is 6.30. The van der Waals surface area contributed by atoms with E-state index in [9.17, 15) is 8.42 Å². The fourth-order valence-electron chi connectivity index (χ4n) is 2.30. The maximum atomic E-state index is 11.3. The first-order valence-corrected chi connectivity index (χ1v) is 7.78. The van der Waals surface area contributed by atoms with Crippen LogP contribution in [0.15, 0.2) is 23.1 Å². The molecule has 1 aliphatic carbocycles. The average molecular weight is 285 g/mol. The first kappa shape index (κ1) is 14.1. The first-order chi connectivity index (χ1) is 8.93. The van der Waals surface area contributed by atoms with Crippen molar-refractivity contribution in [3.63, 3.8) is 0 Å². The minimum absolute atomic E-state index is 0.0490. The molecule has 1 saturated carbocycles. The quantitative estimate of drug-likeness (QED) is 0.673. The van der Waals surface area contributed by atoms with Crippen LogP contribution in [0.4, 0.5) is 11.4 Å². The largest absolute Gasteiger partial charge is 0.398 e. The van der Waals surface area contributed by atoms with E-state index < -0.39 is 10.0 Å². The van der Waals surface area contributed by atoms with Gasteiger partial charge in [0.15, 0.2) is 0 Å². The molecule has 0 amide bonds. The molecule has 7 heteroatoms. The molecule has 0 aromatic heterocycles. The van der Waals surface area contributed by atoms with Crippen molar-refractivity contribution < 1.29 is 13.5 Å². The number of nitrogen functional groups attached to an aromatic ring is 1. The lowest BCUT2D eigenvalue weighted by atomic mass is 9.91. The molecule has 0 saturated heterocycles. The third-order valence-corrected chi connectivity index (χ3v) is 4.47. The zero-order chi connectivity index (χ0) is 14.0. The molecule has 5 N–H and O–H groups in total. The second kappa shape index (κ2) is 5.36. The minimum Gasteiger partial charge on any atom is -0.398 e. The summed E-state index contributed by atoms with van der Waals surface area (Å²) < 4.78 is 22.6. The fraction of sp³-hybridized carbons (Fsp3) is 0.500. The van der Waals surface area contributed by atoms with Crippen LogP contribution in [0.5, 0.6) is 0 Å². The van der Waals surface area contributed by atoms with Crippen molar-refractivity contribution in [2.24, 2.45) is 5.14 Å². The molecule has 0 bridgehead atoms. The number of anilines is 2. The molecular formula is C12H19N3O3S. The Morgan fingerprint density at radius 2 is 2.05 bits per heavy atom. The molecule has 1 aromatic carbocycles. The van der Waals surface area contributed by atoms with Crippen molar-refractivity contribution in [3.8, 4) is 0 Å². The number of primary sulfonamides is 1. The van der Waals surface area contributed by atoms with Gasteiger partial charge in [0.2, 0.25) is 10.0 Å². The number of hydrogen-bond acceptors (Lipinski definition) is 5. The van der Waals surface area contributed by atoms with Gasteiger partial charge in [0.25, 0.3) is 0 Å². The van der Waals surface area contributed by atoms with Gasteiger partial charge in [-0.15, -0.1) is 0 Å². The first-order valence-electron chi connectivity index (χ1n) is 6.23. The van der Waals surface area contributed by atoms with Gasteiger partial charge in [-0.25, -0.2) is 13.6 Å². The Kier molecular flexibility index (Phi) is 3.98. The number of benzene rings is 1. The fourth-order valence-corrected chi connectivity index (χ4v) is 2.95. The maximum absolute atomic E-state index is 11.3. The highest BCUT2D eigenvalue weighted by atomic mass is 32.2. The summed E-state index contributed by atoms with van der Waals surface area (Å²) in [6.45, 7) is 0.562. The smallest absolute Gasteiger partial charge is 0.240 e. The van der Waals surface area contributed by atoms with Gasteiger partial charge in [-0.2, -0.15) is 0 Å². The second-order valence-electron chi connectivity index (χ2n) is 4.77. The van der Waals surface area contributed by atoms with Gasteiger partial charge < -0.3 is 15.7 Å². The topological polar surface area (TPSA) is 110 Å². The highest BCUT2D eigenvalue weighted by Crippen LogP contribution is 2.31. The van der Waals surface area contributed by atoms with Crippen molar-refractivity contribution in [1.82, 2.24) is 0 Å². The Morgan fingerprint density at radius 3 is 2.47 bits per heavy atom. The average Bonchev–Trinajstić information content (AvgIpc) is 2.24. The lowest BCUT2D eigenvalue weighted by Crippen LogP contribution is -2.42. The summed E-state index contributed by atoms with van der Waals surface area (Å²) >= 11 is 0. The van der Waals surface area contributed by atoms with Gasteiger partial charge in [0, 0.05) is 18.3 Å². The van der Waals surface area contributed by atoms with E-state index in [0.29, 0.717) is 12.6 Å². The maximum Gasteiger partial charge on any atom is 0.240 e. The number of aliphatic hydroxyl groups excluding tert-OH is 1. The van der Waals surface area contributed by atoms with Crippen LogP contribution in [0.2, 0.25) is 0 Å². The van der Waals surface area contributed by atoms with E-state index in [1.807, 2.05) is 0 Å². The van der Waals surface area contributed by atoms with Crippen LogP contribution >= 0.6 is 0 Å². The number of sulfonamides is 1. The molecule has 2 rings (SSSR count). The number of nitrogens with two attached hydrogens (primary N) is 2. The Morgan fingerprint density at radius 1 is 1.37 bits per heavy atom. The van der Waals surface area contributed by atoms with Crippen LogP contribution in [0.25, 0.3) is 0 Å². The Balaban J connectivity index is 2.31. The van der Waals surface area contributed by atoms with Crippen molar-refractivity contribution in [3.05, 3.63) is 18.2 Å². The molecule has 0 atom stereocenters. The van der Waals surface area contributed by atoms with Gasteiger partial charge in [-0.1, -0.05) is 0 Å². The molecule has 106 valence electrons. The van der Waals surface area contributed by atoms with E-state index in [1.54, 1.807) is 12.1 Å². The highest BCUT2D eigenvalue weighted by molar-refractivity contribution is 7.89. The van der Waals surface area contributed by atoms with E-state index >= 15 is 0 Å². The summed E-state index contributed by atoms with van der Waals surface area (Å²) in [6.07, 6.45) is 3.34. The predicted molar refractivity (Wildman–Crippen MR) is 74.3 cm³/mol. The molecule has 0 radical (unpaired) electrons. The molecule has 0 heterocycles. The molecule has 19 heavy (non-hydrogen) atoms. The van der Waals surface area contributed by atoms with E-state index in [-0.39, 0.29) is 17.2 Å². The Labute approximate surface area is 113 Å². The molecule has 0 aliphatic heterocycles. The van der Waals surface area contributed by atoms with Crippen LogP contribution in [-0.4, -0.2) is 32.7 Å². The van der Waals surface area contributed by atoms with Crippen molar-refractivity contribution in [1.29, 1.82) is 0 Å². The van der Waals surface area contributed by atoms with Crippen molar-refractivity contribution in [2.75, 3.05) is 23.8 Å². The SMILES string of the molecule is Nc1cc(N(CCO)C2CCC2)ccc1S(N)(=O)=O. The number of rotatable bonds is 5. The van der Waals surface area contributed by atoms with Crippen molar-refractivity contribution in [2.45, 2.75) is 30.2 Å². The normalized spacial score (nSPS) is 16.1. The standard InChI is InChI=1S/C12H19N3O3S/c13-11-8-10(4-5-12(11)19(14,17)18)15(6-7-16)9-2-1-3-9/h4-5,8-9,16H,1-3,6-7,13H2,(H2,14,17,18). The zero-order valence-corrected chi connectivity index (χ0v) is 11.4. The molecule has 6 nitrogen and oxygen atoms in total.